The summed E-state index contributed by atoms with van der Waals surface area (Å²) in [5.41, 5.74) is 0.750. The number of anilines is 1. The lowest BCUT2D eigenvalue weighted by Crippen LogP contribution is -2.52. The van der Waals surface area contributed by atoms with Crippen LogP contribution in [0.1, 0.15) is 25.5 Å². The molecule has 8 nitrogen and oxygen atoms in total. The molecule has 116 valence electrons. The summed E-state index contributed by atoms with van der Waals surface area (Å²) in [6.07, 6.45) is 0. The minimum absolute atomic E-state index is 0.0297. The van der Waals surface area contributed by atoms with Crippen LogP contribution in [0.4, 0.5) is 5.88 Å². The van der Waals surface area contributed by atoms with Gasteiger partial charge in [0.05, 0.1) is 25.5 Å². The summed E-state index contributed by atoms with van der Waals surface area (Å²) in [6.45, 7) is 4.80. The number of hydrogen-bond acceptors (Lipinski definition) is 6. The van der Waals surface area contributed by atoms with Gasteiger partial charge in [-0.3, -0.25) is 19.8 Å². The summed E-state index contributed by atoms with van der Waals surface area (Å²) in [7, 11) is 0. The monoisotopic (exact) mass is 297 g/mol. The third-order valence-corrected chi connectivity index (χ3v) is 3.25. The first-order chi connectivity index (χ1) is 9.97. The second-order valence-electron chi connectivity index (χ2n) is 5.22. The number of aromatic nitrogens is 1. The van der Waals surface area contributed by atoms with Gasteiger partial charge >= 0.3 is 5.97 Å². The van der Waals surface area contributed by atoms with Crippen LogP contribution in [0.25, 0.3) is 0 Å². The minimum Gasteiger partial charge on any atom is -0.480 e. The Morgan fingerprint density at radius 2 is 2.33 bits per heavy atom. The van der Waals surface area contributed by atoms with E-state index in [9.17, 15) is 9.59 Å². The van der Waals surface area contributed by atoms with Crippen LogP contribution >= 0.6 is 0 Å². The van der Waals surface area contributed by atoms with E-state index >= 15 is 0 Å². The van der Waals surface area contributed by atoms with Gasteiger partial charge in [0.1, 0.15) is 6.04 Å². The molecular weight excluding hydrogens is 278 g/mol. The van der Waals surface area contributed by atoms with E-state index in [4.69, 9.17) is 14.4 Å². The fourth-order valence-electron chi connectivity index (χ4n) is 2.04. The Kier molecular flexibility index (Phi) is 4.92. The van der Waals surface area contributed by atoms with Crippen LogP contribution in [0.3, 0.4) is 0 Å². The lowest BCUT2D eigenvalue weighted by atomic mass is 10.1. The minimum atomic E-state index is -0.996. The first-order valence-electron chi connectivity index (χ1n) is 6.78. The fraction of sp³-hybridized carbons (Fsp3) is 0.615. The average Bonchev–Trinajstić information content (AvgIpc) is 2.87. The molecule has 1 amide bonds. The van der Waals surface area contributed by atoms with E-state index in [1.165, 1.54) is 0 Å². The number of rotatable bonds is 5. The second kappa shape index (κ2) is 6.68. The smallest absolute Gasteiger partial charge is 0.323 e. The topological polar surface area (TPSA) is 105 Å². The van der Waals surface area contributed by atoms with Gasteiger partial charge in [0.15, 0.2) is 0 Å². The highest BCUT2D eigenvalue weighted by Gasteiger charge is 2.30. The Morgan fingerprint density at radius 1 is 1.57 bits per heavy atom. The van der Waals surface area contributed by atoms with E-state index < -0.39 is 12.0 Å². The molecule has 1 saturated heterocycles. The lowest BCUT2D eigenvalue weighted by Gasteiger charge is -2.31. The van der Waals surface area contributed by atoms with E-state index in [2.05, 4.69) is 10.5 Å². The van der Waals surface area contributed by atoms with Crippen molar-refractivity contribution in [1.29, 1.82) is 0 Å². The number of amides is 1. The molecule has 1 atom stereocenters. The maximum absolute atomic E-state index is 12.0. The highest BCUT2D eigenvalue weighted by molar-refractivity contribution is 5.91. The van der Waals surface area contributed by atoms with Crippen molar-refractivity contribution in [1.82, 2.24) is 10.1 Å². The second-order valence-corrected chi connectivity index (χ2v) is 5.22. The molecule has 1 aliphatic rings. The number of carbonyl (C=O) groups excluding carboxylic acids is 1. The number of aliphatic carboxylic acids is 1. The zero-order valence-corrected chi connectivity index (χ0v) is 12.0. The third kappa shape index (κ3) is 4.02. The van der Waals surface area contributed by atoms with Gasteiger partial charge in [-0.2, -0.15) is 0 Å². The maximum atomic E-state index is 12.0. The highest BCUT2D eigenvalue weighted by atomic mass is 16.5. The molecule has 1 fully saturated rings. The molecule has 1 aromatic heterocycles. The molecule has 2 heterocycles. The molecular formula is C13H19N3O5. The van der Waals surface area contributed by atoms with Gasteiger partial charge in [0.2, 0.25) is 11.8 Å². The molecule has 0 radical (unpaired) electrons. The predicted molar refractivity (Wildman–Crippen MR) is 73.0 cm³/mol. The standard InChI is InChI=1S/C13H19N3O5/c1-8(2)9-5-12(21-15-9)14-11(17)6-16-3-4-20-7-10(16)13(18)19/h5,8,10H,3-4,6-7H2,1-2H3,(H,14,17)(H,18,19). The number of carboxylic acid groups (broad SMARTS) is 1. The highest BCUT2D eigenvalue weighted by Crippen LogP contribution is 2.17. The Morgan fingerprint density at radius 3 is 2.95 bits per heavy atom. The van der Waals surface area contributed by atoms with Gasteiger partial charge in [-0.1, -0.05) is 19.0 Å². The van der Waals surface area contributed by atoms with Crippen molar-refractivity contribution < 1.29 is 24.0 Å². The molecule has 8 heteroatoms. The van der Waals surface area contributed by atoms with E-state index in [1.54, 1.807) is 11.0 Å². The first kappa shape index (κ1) is 15.5. The summed E-state index contributed by atoms with van der Waals surface area (Å²) >= 11 is 0. The van der Waals surface area contributed by atoms with Gasteiger partial charge in [0.25, 0.3) is 0 Å². The maximum Gasteiger partial charge on any atom is 0.323 e. The number of hydrogen-bond donors (Lipinski definition) is 2. The Hall–Kier alpha value is -1.93. The van der Waals surface area contributed by atoms with Gasteiger partial charge in [0, 0.05) is 12.6 Å². The number of morpholine rings is 1. The van der Waals surface area contributed by atoms with Crippen molar-refractivity contribution in [2.45, 2.75) is 25.8 Å². The number of nitrogens with zero attached hydrogens (tertiary/aromatic N) is 2. The Balaban J connectivity index is 1.92. The number of nitrogens with one attached hydrogen (secondary N) is 1. The number of carbonyl (C=O) groups is 2. The Bertz CT molecular complexity index is 514. The summed E-state index contributed by atoms with van der Waals surface area (Å²) in [6, 6.07) is 0.863. The van der Waals surface area contributed by atoms with Gasteiger partial charge in [-0.15, -0.1) is 0 Å². The average molecular weight is 297 g/mol. The van der Waals surface area contributed by atoms with Crippen molar-refractivity contribution in [3.8, 4) is 0 Å². The molecule has 1 aromatic rings. The van der Waals surface area contributed by atoms with E-state index in [0.29, 0.717) is 13.2 Å². The van der Waals surface area contributed by atoms with E-state index in [1.807, 2.05) is 13.8 Å². The van der Waals surface area contributed by atoms with E-state index in [0.717, 1.165) is 5.69 Å². The lowest BCUT2D eigenvalue weighted by molar-refractivity contribution is -0.150. The summed E-state index contributed by atoms with van der Waals surface area (Å²) in [4.78, 5) is 24.6. The largest absolute Gasteiger partial charge is 0.480 e. The van der Waals surface area contributed by atoms with Crippen LogP contribution in [0, 0.1) is 0 Å². The molecule has 0 saturated carbocycles. The fourth-order valence-corrected chi connectivity index (χ4v) is 2.04. The predicted octanol–water partition coefficient (Wildman–Crippen LogP) is 0.522. The van der Waals surface area contributed by atoms with Crippen molar-refractivity contribution >= 4 is 17.8 Å². The van der Waals surface area contributed by atoms with Crippen LogP contribution in [0.5, 0.6) is 0 Å². The van der Waals surface area contributed by atoms with Gasteiger partial charge in [-0.25, -0.2) is 0 Å². The zero-order valence-electron chi connectivity index (χ0n) is 12.0. The summed E-state index contributed by atoms with van der Waals surface area (Å²) < 4.78 is 10.1. The molecule has 0 spiro atoms. The molecule has 0 aromatic carbocycles. The molecule has 0 bridgehead atoms. The van der Waals surface area contributed by atoms with Crippen molar-refractivity contribution in [2.75, 3.05) is 31.6 Å². The molecule has 2 rings (SSSR count). The number of ether oxygens (including phenoxy) is 1. The van der Waals surface area contributed by atoms with Gasteiger partial charge < -0.3 is 14.4 Å². The summed E-state index contributed by atoms with van der Waals surface area (Å²) in [5.74, 6) is -0.863. The zero-order chi connectivity index (χ0) is 15.4. The molecule has 21 heavy (non-hydrogen) atoms. The number of carboxylic acids is 1. The Labute approximate surface area is 122 Å². The summed E-state index contributed by atoms with van der Waals surface area (Å²) in [5, 5.41) is 15.5. The molecule has 1 aliphatic heterocycles. The van der Waals surface area contributed by atoms with Gasteiger partial charge in [-0.05, 0) is 5.92 Å². The van der Waals surface area contributed by atoms with Crippen LogP contribution in [0.2, 0.25) is 0 Å². The van der Waals surface area contributed by atoms with Crippen LogP contribution in [-0.2, 0) is 14.3 Å². The van der Waals surface area contributed by atoms with Crippen LogP contribution in [-0.4, -0.2) is 59.4 Å². The van der Waals surface area contributed by atoms with Crippen LogP contribution < -0.4 is 5.32 Å². The van der Waals surface area contributed by atoms with Crippen molar-refractivity contribution in [3.63, 3.8) is 0 Å². The quantitative estimate of drug-likeness (QED) is 0.816. The molecule has 1 unspecified atom stereocenters. The third-order valence-electron chi connectivity index (χ3n) is 3.25. The SMILES string of the molecule is CC(C)c1cc(NC(=O)CN2CCOCC2C(=O)O)on1. The van der Waals surface area contributed by atoms with Crippen molar-refractivity contribution in [3.05, 3.63) is 11.8 Å². The normalized spacial score (nSPS) is 19.7. The molecule has 0 aliphatic carbocycles. The van der Waals surface area contributed by atoms with Crippen molar-refractivity contribution in [2.24, 2.45) is 0 Å². The first-order valence-corrected chi connectivity index (χ1v) is 6.78. The van der Waals surface area contributed by atoms with E-state index in [-0.39, 0.29) is 30.9 Å². The molecule has 2 N–H and O–H groups in total. The van der Waals surface area contributed by atoms with Crippen LogP contribution in [0.15, 0.2) is 10.6 Å².